The Morgan fingerprint density at radius 1 is 0.720 bits per heavy atom. The fourth-order valence-electron chi connectivity index (χ4n) is 2.96. The van der Waals surface area contributed by atoms with Crippen molar-refractivity contribution in [2.24, 2.45) is 0 Å². The van der Waals surface area contributed by atoms with Gasteiger partial charge in [0.15, 0.2) is 0 Å². The van der Waals surface area contributed by atoms with Crippen molar-refractivity contribution in [2.45, 2.75) is 26.7 Å². The van der Waals surface area contributed by atoms with Crippen LogP contribution < -0.4 is 9.47 Å². The van der Waals surface area contributed by atoms with Crippen molar-refractivity contribution in [3.63, 3.8) is 0 Å². The SMILES string of the molecule is CCc1ccccc1OC[C]1C=CC=C1COc1ccccc1CC. The van der Waals surface area contributed by atoms with E-state index in [4.69, 9.17) is 9.47 Å². The molecule has 0 atom stereocenters. The summed E-state index contributed by atoms with van der Waals surface area (Å²) in [6.07, 6.45) is 8.23. The Labute approximate surface area is 150 Å². The first-order valence-electron chi connectivity index (χ1n) is 8.96. The van der Waals surface area contributed by atoms with E-state index in [2.05, 4.69) is 56.3 Å². The molecule has 129 valence electrons. The van der Waals surface area contributed by atoms with Gasteiger partial charge in [-0.2, -0.15) is 0 Å². The van der Waals surface area contributed by atoms with Gasteiger partial charge in [0.2, 0.25) is 0 Å². The maximum Gasteiger partial charge on any atom is 0.122 e. The highest BCUT2D eigenvalue weighted by atomic mass is 16.5. The number of benzene rings is 2. The third-order valence-corrected chi connectivity index (χ3v) is 4.48. The summed E-state index contributed by atoms with van der Waals surface area (Å²) in [5.74, 6) is 3.11. The maximum atomic E-state index is 6.05. The number of hydrogen-bond donors (Lipinski definition) is 0. The van der Waals surface area contributed by atoms with Crippen LogP contribution in [-0.2, 0) is 12.8 Å². The largest absolute Gasteiger partial charge is 0.492 e. The molecule has 2 aromatic rings. The Morgan fingerprint density at radius 2 is 1.28 bits per heavy atom. The minimum Gasteiger partial charge on any atom is -0.492 e. The summed E-state index contributed by atoms with van der Waals surface area (Å²) in [7, 11) is 0. The second kappa shape index (κ2) is 8.57. The number of hydrogen-bond acceptors (Lipinski definition) is 2. The number of rotatable bonds is 8. The van der Waals surface area contributed by atoms with Gasteiger partial charge in [0.1, 0.15) is 24.7 Å². The summed E-state index contributed by atoms with van der Waals surface area (Å²) >= 11 is 0. The first kappa shape index (κ1) is 17.3. The molecule has 0 aromatic heterocycles. The Bertz CT molecular complexity index is 758. The molecule has 0 amide bonds. The highest BCUT2D eigenvalue weighted by molar-refractivity contribution is 5.45. The maximum absolute atomic E-state index is 6.05. The second-order valence-corrected chi connectivity index (χ2v) is 6.08. The van der Waals surface area contributed by atoms with Gasteiger partial charge in [-0.25, -0.2) is 0 Å². The molecule has 0 aliphatic heterocycles. The summed E-state index contributed by atoms with van der Waals surface area (Å²) in [6, 6.07) is 16.5. The quantitative estimate of drug-likeness (QED) is 0.649. The molecular weight excluding hydrogens is 308 g/mol. The van der Waals surface area contributed by atoms with Gasteiger partial charge in [0, 0.05) is 0 Å². The molecule has 1 aliphatic carbocycles. The molecule has 0 saturated heterocycles. The van der Waals surface area contributed by atoms with E-state index in [1.807, 2.05) is 24.3 Å². The van der Waals surface area contributed by atoms with E-state index in [0.717, 1.165) is 24.3 Å². The molecule has 3 rings (SSSR count). The molecule has 25 heavy (non-hydrogen) atoms. The van der Waals surface area contributed by atoms with Crippen molar-refractivity contribution in [3.8, 4) is 11.5 Å². The molecule has 0 unspecified atom stereocenters. The summed E-state index contributed by atoms with van der Waals surface area (Å²) < 4.78 is 12.1. The van der Waals surface area contributed by atoms with Crippen LogP contribution in [-0.4, -0.2) is 13.2 Å². The fourth-order valence-corrected chi connectivity index (χ4v) is 2.96. The second-order valence-electron chi connectivity index (χ2n) is 6.08. The summed E-state index contributed by atoms with van der Waals surface area (Å²) in [5, 5.41) is 0. The van der Waals surface area contributed by atoms with Crippen LogP contribution in [0.25, 0.3) is 0 Å². The summed E-state index contributed by atoms with van der Waals surface area (Å²) in [4.78, 5) is 0. The molecule has 1 aliphatic rings. The van der Waals surface area contributed by atoms with Crippen molar-refractivity contribution in [1.29, 1.82) is 0 Å². The van der Waals surface area contributed by atoms with E-state index in [1.54, 1.807) is 0 Å². The first-order valence-corrected chi connectivity index (χ1v) is 8.96. The lowest BCUT2D eigenvalue weighted by atomic mass is 10.0. The molecule has 0 fully saturated rings. The molecule has 1 radical (unpaired) electrons. The van der Waals surface area contributed by atoms with Gasteiger partial charge >= 0.3 is 0 Å². The zero-order valence-electron chi connectivity index (χ0n) is 15.0. The number of allylic oxidation sites excluding steroid dienone is 2. The molecule has 0 saturated carbocycles. The number of ether oxygens (including phenoxy) is 2. The standard InChI is InChI=1S/C23H25O2/c1-3-18-10-5-7-14-22(18)24-16-20-12-9-13-21(20)17-25-23-15-8-6-11-19(23)4-2/h5-15H,3-4,16-17H2,1-2H3. The molecule has 0 N–H and O–H groups in total. The fraction of sp³-hybridized carbons (Fsp3) is 0.261. The van der Waals surface area contributed by atoms with Crippen LogP contribution in [0.4, 0.5) is 0 Å². The van der Waals surface area contributed by atoms with E-state index in [-0.39, 0.29) is 0 Å². The Hall–Kier alpha value is -2.48. The lowest BCUT2D eigenvalue weighted by Crippen LogP contribution is -2.14. The normalized spacial score (nSPS) is 13.8. The van der Waals surface area contributed by atoms with Gasteiger partial charge in [-0.1, -0.05) is 68.5 Å². The third kappa shape index (κ3) is 4.33. The highest BCUT2D eigenvalue weighted by Crippen LogP contribution is 2.27. The van der Waals surface area contributed by atoms with Crippen LogP contribution in [0.5, 0.6) is 11.5 Å². The van der Waals surface area contributed by atoms with E-state index >= 15 is 0 Å². The van der Waals surface area contributed by atoms with Gasteiger partial charge in [-0.3, -0.25) is 0 Å². The number of para-hydroxylation sites is 2. The summed E-state index contributed by atoms with van der Waals surface area (Å²) in [5.41, 5.74) is 3.66. The lowest BCUT2D eigenvalue weighted by molar-refractivity contribution is 0.319. The van der Waals surface area contributed by atoms with Gasteiger partial charge in [0.25, 0.3) is 0 Å². The van der Waals surface area contributed by atoms with E-state index < -0.39 is 0 Å². The monoisotopic (exact) mass is 333 g/mol. The highest BCUT2D eigenvalue weighted by Gasteiger charge is 2.18. The predicted molar refractivity (Wildman–Crippen MR) is 103 cm³/mol. The molecular formula is C23H25O2. The number of aryl methyl sites for hydroxylation is 2. The Balaban J connectivity index is 1.58. The van der Waals surface area contributed by atoms with Crippen molar-refractivity contribution >= 4 is 0 Å². The zero-order valence-corrected chi connectivity index (χ0v) is 15.0. The van der Waals surface area contributed by atoms with E-state index in [1.165, 1.54) is 22.6 Å². The van der Waals surface area contributed by atoms with Crippen LogP contribution in [0.3, 0.4) is 0 Å². The van der Waals surface area contributed by atoms with Gasteiger partial charge < -0.3 is 9.47 Å². The smallest absolute Gasteiger partial charge is 0.122 e. The Morgan fingerprint density at radius 3 is 1.88 bits per heavy atom. The van der Waals surface area contributed by atoms with Crippen LogP contribution >= 0.6 is 0 Å². The summed E-state index contributed by atoms with van der Waals surface area (Å²) in [6.45, 7) is 5.43. The van der Waals surface area contributed by atoms with Gasteiger partial charge in [-0.15, -0.1) is 0 Å². The molecule has 2 nitrogen and oxygen atoms in total. The topological polar surface area (TPSA) is 18.5 Å². The van der Waals surface area contributed by atoms with E-state index in [0.29, 0.717) is 13.2 Å². The Kier molecular flexibility index (Phi) is 5.95. The van der Waals surface area contributed by atoms with Gasteiger partial charge in [0.05, 0.1) is 5.92 Å². The molecule has 2 heteroatoms. The molecule has 0 heterocycles. The lowest BCUT2D eigenvalue weighted by Gasteiger charge is -2.17. The van der Waals surface area contributed by atoms with Crippen LogP contribution in [0, 0.1) is 5.92 Å². The minimum absolute atomic E-state index is 0.568. The third-order valence-electron chi connectivity index (χ3n) is 4.48. The molecule has 0 bridgehead atoms. The van der Waals surface area contributed by atoms with Gasteiger partial charge in [-0.05, 0) is 41.7 Å². The van der Waals surface area contributed by atoms with Crippen LogP contribution in [0.2, 0.25) is 0 Å². The molecule has 2 aromatic carbocycles. The van der Waals surface area contributed by atoms with Crippen molar-refractivity contribution in [2.75, 3.05) is 13.2 Å². The predicted octanol–water partition coefficient (Wildman–Crippen LogP) is 5.34. The van der Waals surface area contributed by atoms with Crippen molar-refractivity contribution in [1.82, 2.24) is 0 Å². The van der Waals surface area contributed by atoms with Crippen molar-refractivity contribution in [3.05, 3.63) is 89.4 Å². The van der Waals surface area contributed by atoms with Crippen molar-refractivity contribution < 1.29 is 9.47 Å². The minimum atomic E-state index is 0.568. The zero-order chi connectivity index (χ0) is 17.5. The average molecular weight is 333 g/mol. The van der Waals surface area contributed by atoms with E-state index in [9.17, 15) is 0 Å². The molecule has 0 spiro atoms. The van der Waals surface area contributed by atoms with Crippen LogP contribution in [0.15, 0.2) is 72.3 Å². The first-order chi connectivity index (χ1) is 12.3. The average Bonchev–Trinajstić information content (AvgIpc) is 3.12. The van der Waals surface area contributed by atoms with Crippen LogP contribution in [0.1, 0.15) is 25.0 Å².